The van der Waals surface area contributed by atoms with E-state index in [2.05, 4.69) is 5.10 Å². The SMILES string of the molecule is COc1ccc(S(=O)(=O)N/N=C(/C)c2c(O)cc(C)oc2=O)cc1. The van der Waals surface area contributed by atoms with Gasteiger partial charge in [-0.15, -0.1) is 0 Å². The summed E-state index contributed by atoms with van der Waals surface area (Å²) in [4.78, 5) is 13.7. The number of hydrogen-bond donors (Lipinski definition) is 2. The fourth-order valence-electron chi connectivity index (χ4n) is 1.92. The van der Waals surface area contributed by atoms with Crippen molar-refractivity contribution in [2.45, 2.75) is 18.7 Å². The molecule has 2 aromatic rings. The third-order valence-electron chi connectivity index (χ3n) is 3.12. The van der Waals surface area contributed by atoms with Crippen molar-refractivity contribution in [3.05, 3.63) is 52.1 Å². The average Bonchev–Trinajstić information content (AvgIpc) is 2.52. The zero-order valence-corrected chi connectivity index (χ0v) is 14.0. The van der Waals surface area contributed by atoms with E-state index in [1.54, 1.807) is 0 Å². The van der Waals surface area contributed by atoms with E-state index in [4.69, 9.17) is 9.15 Å². The summed E-state index contributed by atoms with van der Waals surface area (Å²) < 4.78 is 34.2. The van der Waals surface area contributed by atoms with Gasteiger partial charge in [-0.3, -0.25) is 0 Å². The van der Waals surface area contributed by atoms with Crippen molar-refractivity contribution in [1.82, 2.24) is 4.83 Å². The first-order valence-electron chi connectivity index (χ1n) is 6.79. The molecule has 0 radical (unpaired) electrons. The van der Waals surface area contributed by atoms with Crippen LogP contribution in [0.25, 0.3) is 0 Å². The smallest absolute Gasteiger partial charge is 0.348 e. The fourth-order valence-corrected chi connectivity index (χ4v) is 2.78. The van der Waals surface area contributed by atoms with E-state index in [1.807, 2.05) is 4.83 Å². The zero-order valence-electron chi connectivity index (χ0n) is 13.2. The summed E-state index contributed by atoms with van der Waals surface area (Å²) in [7, 11) is -2.46. The average molecular weight is 352 g/mol. The largest absolute Gasteiger partial charge is 0.507 e. The van der Waals surface area contributed by atoms with Crippen LogP contribution in [0.2, 0.25) is 0 Å². The van der Waals surface area contributed by atoms with Gasteiger partial charge in [0.15, 0.2) is 0 Å². The van der Waals surface area contributed by atoms with Gasteiger partial charge < -0.3 is 14.3 Å². The summed E-state index contributed by atoms with van der Waals surface area (Å²) >= 11 is 0. The van der Waals surface area contributed by atoms with Gasteiger partial charge in [0, 0.05) is 6.07 Å². The Labute approximate surface area is 138 Å². The van der Waals surface area contributed by atoms with Gasteiger partial charge in [-0.2, -0.15) is 18.4 Å². The minimum atomic E-state index is -3.93. The molecule has 8 nitrogen and oxygen atoms in total. The predicted molar refractivity (Wildman–Crippen MR) is 86.9 cm³/mol. The highest BCUT2D eigenvalue weighted by atomic mass is 32.2. The minimum Gasteiger partial charge on any atom is -0.507 e. The molecule has 0 atom stereocenters. The van der Waals surface area contributed by atoms with Gasteiger partial charge in [0.25, 0.3) is 10.0 Å². The van der Waals surface area contributed by atoms with Crippen LogP contribution in [0.5, 0.6) is 11.5 Å². The first kappa shape index (κ1) is 17.5. The Balaban J connectivity index is 2.30. The quantitative estimate of drug-likeness (QED) is 0.620. The summed E-state index contributed by atoms with van der Waals surface area (Å²) in [6, 6.07) is 6.93. The normalized spacial score (nSPS) is 12.0. The van der Waals surface area contributed by atoms with Crippen LogP contribution < -0.4 is 15.2 Å². The van der Waals surface area contributed by atoms with E-state index in [-0.39, 0.29) is 27.7 Å². The van der Waals surface area contributed by atoms with E-state index in [9.17, 15) is 18.3 Å². The van der Waals surface area contributed by atoms with Gasteiger partial charge in [0.2, 0.25) is 0 Å². The van der Waals surface area contributed by atoms with Crippen molar-refractivity contribution < 1.29 is 22.7 Å². The van der Waals surface area contributed by atoms with Gasteiger partial charge in [0.1, 0.15) is 22.8 Å². The summed E-state index contributed by atoms with van der Waals surface area (Å²) in [5.41, 5.74) is -1.05. The second kappa shape index (κ2) is 6.75. The number of aromatic hydroxyl groups is 1. The molecule has 2 N–H and O–H groups in total. The summed E-state index contributed by atoms with van der Waals surface area (Å²) in [6.45, 7) is 2.88. The topological polar surface area (TPSA) is 118 Å². The Morgan fingerprint density at radius 3 is 2.46 bits per heavy atom. The van der Waals surface area contributed by atoms with Crippen molar-refractivity contribution in [2.75, 3.05) is 7.11 Å². The van der Waals surface area contributed by atoms with Crippen molar-refractivity contribution in [2.24, 2.45) is 5.10 Å². The second-order valence-corrected chi connectivity index (χ2v) is 6.53. The summed E-state index contributed by atoms with van der Waals surface area (Å²) in [5, 5.41) is 13.5. The number of nitrogens with zero attached hydrogens (tertiary/aromatic N) is 1. The lowest BCUT2D eigenvalue weighted by Crippen LogP contribution is -2.22. The third-order valence-corrected chi connectivity index (χ3v) is 4.34. The van der Waals surface area contributed by atoms with E-state index in [0.717, 1.165) is 0 Å². The zero-order chi connectivity index (χ0) is 17.9. The van der Waals surface area contributed by atoms with Gasteiger partial charge in [0.05, 0.1) is 17.7 Å². The molecule has 0 amide bonds. The maximum absolute atomic E-state index is 12.2. The van der Waals surface area contributed by atoms with Crippen LogP contribution in [0.15, 0.2) is 49.5 Å². The molecule has 0 bridgehead atoms. The molecule has 2 rings (SSSR count). The molecule has 0 saturated heterocycles. The van der Waals surface area contributed by atoms with Crippen LogP contribution in [-0.4, -0.2) is 26.3 Å². The molecule has 9 heteroatoms. The molecule has 1 aromatic heterocycles. The lowest BCUT2D eigenvalue weighted by atomic mass is 10.2. The Morgan fingerprint density at radius 2 is 1.92 bits per heavy atom. The van der Waals surface area contributed by atoms with Crippen LogP contribution in [0.1, 0.15) is 18.2 Å². The molecular weight excluding hydrogens is 336 g/mol. The number of hydrazone groups is 1. The number of rotatable bonds is 5. The molecule has 0 aliphatic carbocycles. The molecule has 0 saturated carbocycles. The molecule has 1 heterocycles. The van der Waals surface area contributed by atoms with Crippen LogP contribution in [-0.2, 0) is 10.0 Å². The van der Waals surface area contributed by atoms with Crippen molar-refractivity contribution in [1.29, 1.82) is 0 Å². The monoisotopic (exact) mass is 352 g/mol. The van der Waals surface area contributed by atoms with E-state index < -0.39 is 15.6 Å². The molecule has 0 unspecified atom stereocenters. The van der Waals surface area contributed by atoms with Crippen LogP contribution in [0, 0.1) is 6.92 Å². The standard InChI is InChI=1S/C15H16N2O6S/c1-9-8-13(18)14(15(19)23-9)10(2)16-17-24(20,21)12-6-4-11(22-3)5-7-12/h4-8,17-18H,1-3H3/b16-10-. The van der Waals surface area contributed by atoms with Gasteiger partial charge in [-0.25, -0.2) is 4.79 Å². The first-order valence-corrected chi connectivity index (χ1v) is 8.27. The first-order chi connectivity index (χ1) is 11.2. The lowest BCUT2D eigenvalue weighted by Gasteiger charge is -2.07. The van der Waals surface area contributed by atoms with E-state index >= 15 is 0 Å². The minimum absolute atomic E-state index is 0.0278. The maximum Gasteiger partial charge on any atom is 0.348 e. The van der Waals surface area contributed by atoms with Crippen molar-refractivity contribution in [3.63, 3.8) is 0 Å². The van der Waals surface area contributed by atoms with Crippen molar-refractivity contribution in [3.8, 4) is 11.5 Å². The second-order valence-electron chi connectivity index (χ2n) is 4.87. The van der Waals surface area contributed by atoms with Gasteiger partial charge in [-0.05, 0) is 38.1 Å². The van der Waals surface area contributed by atoms with Crippen LogP contribution in [0.3, 0.4) is 0 Å². The highest BCUT2D eigenvalue weighted by Gasteiger charge is 2.16. The Morgan fingerprint density at radius 1 is 1.29 bits per heavy atom. The predicted octanol–water partition coefficient (Wildman–Crippen LogP) is 1.36. The van der Waals surface area contributed by atoms with Crippen LogP contribution >= 0.6 is 0 Å². The molecule has 0 fully saturated rings. The van der Waals surface area contributed by atoms with Crippen molar-refractivity contribution >= 4 is 15.7 Å². The van der Waals surface area contributed by atoms with Gasteiger partial charge >= 0.3 is 5.63 Å². The third kappa shape index (κ3) is 3.74. The molecule has 1 aromatic carbocycles. The number of aryl methyl sites for hydroxylation is 1. The Bertz CT molecular complexity index is 929. The molecule has 128 valence electrons. The van der Waals surface area contributed by atoms with Gasteiger partial charge in [-0.1, -0.05) is 0 Å². The number of sulfonamides is 1. The van der Waals surface area contributed by atoms with Crippen LogP contribution in [0.4, 0.5) is 0 Å². The van der Waals surface area contributed by atoms with E-state index in [0.29, 0.717) is 5.75 Å². The number of benzene rings is 1. The van der Waals surface area contributed by atoms with E-state index in [1.165, 1.54) is 51.3 Å². The number of nitrogens with one attached hydrogen (secondary N) is 1. The summed E-state index contributed by atoms with van der Waals surface area (Å²) in [6.07, 6.45) is 0. The fraction of sp³-hybridized carbons (Fsp3) is 0.200. The molecule has 24 heavy (non-hydrogen) atoms. The summed E-state index contributed by atoms with van der Waals surface area (Å²) in [5.74, 6) is 0.400. The Kier molecular flexibility index (Phi) is 4.93. The Hall–Kier alpha value is -2.81. The maximum atomic E-state index is 12.2. The molecular formula is C15H16N2O6S. The highest BCUT2D eigenvalue weighted by molar-refractivity contribution is 7.89. The highest BCUT2D eigenvalue weighted by Crippen LogP contribution is 2.17. The number of methoxy groups -OCH3 is 1. The number of hydrogen-bond acceptors (Lipinski definition) is 7. The molecule has 0 aliphatic heterocycles. The number of ether oxygens (including phenoxy) is 1. The lowest BCUT2D eigenvalue weighted by molar-refractivity contribution is 0.414. The molecule has 0 spiro atoms. The molecule has 0 aliphatic rings.